The zero-order valence-electron chi connectivity index (χ0n) is 13.1. The van der Waals surface area contributed by atoms with Crippen LogP contribution in [0.15, 0.2) is 24.3 Å². The van der Waals surface area contributed by atoms with Crippen molar-refractivity contribution in [3.05, 3.63) is 29.8 Å². The lowest BCUT2D eigenvalue weighted by molar-refractivity contribution is 0.0829. The number of benzene rings is 1. The van der Waals surface area contributed by atoms with E-state index in [0.29, 0.717) is 23.8 Å². The standard InChI is InChI=1S/C16H22N2O4S/c1-23(20,21)10-12-4-2-3-5-13(12)17-16(19)18-14-8-9-22-15(14)11-6-7-11/h2-5,11,14-15H,6-10H2,1H3,(H2,17,18,19)/t14-,15-/m0/s1. The number of nitrogens with one attached hydrogen (secondary N) is 2. The minimum absolute atomic E-state index is 0.0320. The van der Waals surface area contributed by atoms with Crippen molar-refractivity contribution in [3.8, 4) is 0 Å². The zero-order valence-corrected chi connectivity index (χ0v) is 13.9. The van der Waals surface area contributed by atoms with Gasteiger partial charge >= 0.3 is 6.03 Å². The van der Waals surface area contributed by atoms with Crippen LogP contribution in [-0.4, -0.2) is 39.5 Å². The van der Waals surface area contributed by atoms with Gasteiger partial charge in [-0.1, -0.05) is 18.2 Å². The van der Waals surface area contributed by atoms with E-state index in [-0.39, 0.29) is 23.9 Å². The lowest BCUT2D eigenvalue weighted by atomic mass is 10.1. The number of anilines is 1. The van der Waals surface area contributed by atoms with E-state index in [9.17, 15) is 13.2 Å². The number of rotatable bonds is 5. The van der Waals surface area contributed by atoms with E-state index in [1.165, 1.54) is 19.1 Å². The third-order valence-corrected chi connectivity index (χ3v) is 5.06. The lowest BCUT2D eigenvalue weighted by Gasteiger charge is -2.20. The summed E-state index contributed by atoms with van der Waals surface area (Å²) in [6.45, 7) is 0.677. The lowest BCUT2D eigenvalue weighted by Crippen LogP contribution is -2.43. The summed E-state index contributed by atoms with van der Waals surface area (Å²) in [6.07, 6.45) is 4.45. The van der Waals surface area contributed by atoms with E-state index in [2.05, 4.69) is 10.6 Å². The second kappa shape index (κ2) is 6.49. The maximum Gasteiger partial charge on any atom is 0.319 e. The SMILES string of the molecule is CS(=O)(=O)Cc1ccccc1NC(=O)N[C@H]1CCO[C@H]1C1CC1. The van der Waals surface area contributed by atoms with E-state index in [1.807, 2.05) is 0 Å². The van der Waals surface area contributed by atoms with Gasteiger partial charge < -0.3 is 15.4 Å². The van der Waals surface area contributed by atoms with Gasteiger partial charge in [-0.05, 0) is 36.8 Å². The number of sulfone groups is 1. The number of amides is 2. The van der Waals surface area contributed by atoms with Gasteiger partial charge in [0, 0.05) is 18.6 Å². The molecule has 23 heavy (non-hydrogen) atoms. The predicted octanol–water partition coefficient (Wildman–Crippen LogP) is 1.92. The first-order chi connectivity index (χ1) is 10.9. The molecule has 0 spiro atoms. The van der Waals surface area contributed by atoms with E-state index in [0.717, 1.165) is 6.42 Å². The van der Waals surface area contributed by atoms with Gasteiger partial charge in [-0.25, -0.2) is 13.2 Å². The van der Waals surface area contributed by atoms with Crippen LogP contribution in [0.4, 0.5) is 10.5 Å². The van der Waals surface area contributed by atoms with Gasteiger partial charge in [-0.3, -0.25) is 0 Å². The Labute approximate surface area is 136 Å². The van der Waals surface area contributed by atoms with Crippen LogP contribution in [0.2, 0.25) is 0 Å². The maximum atomic E-state index is 12.2. The third-order valence-electron chi connectivity index (χ3n) is 4.22. The van der Waals surface area contributed by atoms with E-state index < -0.39 is 9.84 Å². The number of carbonyl (C=O) groups excluding carboxylic acids is 1. The molecule has 2 amide bonds. The molecule has 1 heterocycles. The van der Waals surface area contributed by atoms with Crippen LogP contribution in [0.5, 0.6) is 0 Å². The molecule has 1 aliphatic heterocycles. The Kier molecular flexibility index (Phi) is 4.59. The van der Waals surface area contributed by atoms with E-state index >= 15 is 0 Å². The van der Waals surface area contributed by atoms with Crippen LogP contribution < -0.4 is 10.6 Å². The average molecular weight is 338 g/mol. The Balaban J connectivity index is 1.63. The Morgan fingerprint density at radius 1 is 1.26 bits per heavy atom. The normalized spacial score (nSPS) is 24.4. The van der Waals surface area contributed by atoms with Crippen molar-refractivity contribution < 1.29 is 17.9 Å². The van der Waals surface area contributed by atoms with Crippen LogP contribution in [0.25, 0.3) is 0 Å². The van der Waals surface area contributed by atoms with E-state index in [1.54, 1.807) is 24.3 Å². The molecule has 7 heteroatoms. The Bertz CT molecular complexity index is 685. The molecule has 3 rings (SSSR count). The second-order valence-electron chi connectivity index (χ2n) is 6.39. The highest BCUT2D eigenvalue weighted by Gasteiger charge is 2.41. The van der Waals surface area contributed by atoms with Crippen molar-refractivity contribution in [3.63, 3.8) is 0 Å². The topological polar surface area (TPSA) is 84.5 Å². The molecule has 0 bridgehead atoms. The monoisotopic (exact) mass is 338 g/mol. The quantitative estimate of drug-likeness (QED) is 0.859. The summed E-state index contributed by atoms with van der Waals surface area (Å²) in [4.78, 5) is 12.2. The van der Waals surface area contributed by atoms with Crippen molar-refractivity contribution in [2.24, 2.45) is 5.92 Å². The van der Waals surface area contributed by atoms with Gasteiger partial charge in [0.05, 0.1) is 17.9 Å². The minimum atomic E-state index is -3.16. The third kappa shape index (κ3) is 4.45. The molecule has 1 aromatic rings. The molecular formula is C16H22N2O4S. The highest BCUT2D eigenvalue weighted by Crippen LogP contribution is 2.38. The summed E-state index contributed by atoms with van der Waals surface area (Å²) in [6, 6.07) is 6.67. The van der Waals surface area contributed by atoms with Gasteiger partial charge in [0.15, 0.2) is 9.84 Å². The maximum absolute atomic E-state index is 12.2. The molecular weight excluding hydrogens is 316 g/mol. The smallest absolute Gasteiger partial charge is 0.319 e. The summed E-state index contributed by atoms with van der Waals surface area (Å²) in [5, 5.41) is 5.73. The number of urea groups is 1. The second-order valence-corrected chi connectivity index (χ2v) is 8.53. The van der Waals surface area contributed by atoms with Crippen LogP contribution in [0, 0.1) is 5.92 Å². The Morgan fingerprint density at radius 3 is 2.70 bits per heavy atom. The number of hydrogen-bond acceptors (Lipinski definition) is 4. The average Bonchev–Trinajstić information content (AvgIpc) is 3.20. The molecule has 1 saturated heterocycles. The number of para-hydroxylation sites is 1. The molecule has 0 aromatic heterocycles. The Morgan fingerprint density at radius 2 is 2.00 bits per heavy atom. The first-order valence-corrected chi connectivity index (χ1v) is 9.93. The van der Waals surface area contributed by atoms with Gasteiger partial charge in [0.25, 0.3) is 0 Å². The fourth-order valence-corrected chi connectivity index (χ4v) is 3.85. The van der Waals surface area contributed by atoms with Crippen molar-refractivity contribution in [1.29, 1.82) is 0 Å². The van der Waals surface area contributed by atoms with E-state index in [4.69, 9.17) is 4.74 Å². The van der Waals surface area contributed by atoms with Gasteiger partial charge in [0.1, 0.15) is 0 Å². The zero-order chi connectivity index (χ0) is 16.4. The molecule has 126 valence electrons. The van der Waals surface area contributed by atoms with Crippen LogP contribution >= 0.6 is 0 Å². The molecule has 2 atom stereocenters. The van der Waals surface area contributed by atoms with Crippen molar-refractivity contribution in [2.45, 2.75) is 37.2 Å². The fourth-order valence-electron chi connectivity index (χ4n) is 3.03. The van der Waals surface area contributed by atoms with Crippen molar-refractivity contribution in [1.82, 2.24) is 5.32 Å². The summed E-state index contributed by atoms with van der Waals surface area (Å²) >= 11 is 0. The van der Waals surface area contributed by atoms with Gasteiger partial charge in [-0.15, -0.1) is 0 Å². The first-order valence-electron chi connectivity index (χ1n) is 7.87. The number of hydrogen-bond donors (Lipinski definition) is 2. The van der Waals surface area contributed by atoms with Crippen molar-refractivity contribution in [2.75, 3.05) is 18.2 Å². The molecule has 2 aliphatic rings. The molecule has 0 unspecified atom stereocenters. The summed E-state index contributed by atoms with van der Waals surface area (Å²) in [5.74, 6) is 0.473. The molecule has 6 nitrogen and oxygen atoms in total. The Hall–Kier alpha value is -1.60. The molecule has 2 fully saturated rings. The molecule has 1 aliphatic carbocycles. The summed E-state index contributed by atoms with van der Waals surface area (Å²) in [5.41, 5.74) is 1.11. The first kappa shape index (κ1) is 16.3. The van der Waals surface area contributed by atoms with Crippen molar-refractivity contribution >= 4 is 21.6 Å². The highest BCUT2D eigenvalue weighted by molar-refractivity contribution is 7.89. The van der Waals surface area contributed by atoms with Gasteiger partial charge in [-0.2, -0.15) is 0 Å². The number of ether oxygens (including phenoxy) is 1. The molecule has 1 aromatic carbocycles. The largest absolute Gasteiger partial charge is 0.376 e. The van der Waals surface area contributed by atoms with Crippen LogP contribution in [0.3, 0.4) is 0 Å². The predicted molar refractivity (Wildman–Crippen MR) is 88.0 cm³/mol. The highest BCUT2D eigenvalue weighted by atomic mass is 32.2. The summed E-state index contributed by atoms with van der Waals surface area (Å²) in [7, 11) is -3.16. The summed E-state index contributed by atoms with van der Waals surface area (Å²) < 4.78 is 28.7. The van der Waals surface area contributed by atoms with Gasteiger partial charge in [0.2, 0.25) is 0 Å². The minimum Gasteiger partial charge on any atom is -0.376 e. The molecule has 2 N–H and O–H groups in total. The fraction of sp³-hybridized carbons (Fsp3) is 0.562. The number of carbonyl (C=O) groups is 1. The van der Waals surface area contributed by atoms with Crippen LogP contribution in [0.1, 0.15) is 24.8 Å². The van der Waals surface area contributed by atoms with Crippen LogP contribution in [-0.2, 0) is 20.3 Å². The molecule has 0 radical (unpaired) electrons. The molecule has 1 saturated carbocycles.